The lowest BCUT2D eigenvalue weighted by Crippen LogP contribution is -2.31. The molecule has 0 unspecified atom stereocenters. The van der Waals surface area contributed by atoms with E-state index in [1.807, 2.05) is 4.90 Å². The van der Waals surface area contributed by atoms with Gasteiger partial charge in [0.1, 0.15) is 5.82 Å². The van der Waals surface area contributed by atoms with Gasteiger partial charge in [0, 0.05) is 24.2 Å². The Morgan fingerprint density at radius 2 is 2.33 bits per heavy atom. The molecule has 6 heteroatoms. The zero-order valence-electron chi connectivity index (χ0n) is 9.88. The lowest BCUT2D eigenvalue weighted by molar-refractivity contribution is -0.385. The van der Waals surface area contributed by atoms with Crippen LogP contribution < -0.4 is 0 Å². The Morgan fingerprint density at radius 3 is 3.00 bits per heavy atom. The highest BCUT2D eigenvalue weighted by Crippen LogP contribution is 2.25. The van der Waals surface area contributed by atoms with Gasteiger partial charge in [-0.1, -0.05) is 0 Å². The van der Waals surface area contributed by atoms with Crippen molar-refractivity contribution in [3.05, 3.63) is 39.7 Å². The third-order valence-corrected chi connectivity index (χ3v) is 3.32. The number of nitro benzene ring substituents is 1. The van der Waals surface area contributed by atoms with E-state index in [0.717, 1.165) is 25.5 Å². The summed E-state index contributed by atoms with van der Waals surface area (Å²) in [6.07, 6.45) is 1.83. The van der Waals surface area contributed by atoms with Crippen LogP contribution in [-0.4, -0.2) is 34.1 Å². The molecular formula is C12H15FN2O3. The molecule has 1 atom stereocenters. The molecule has 1 heterocycles. The highest BCUT2D eigenvalue weighted by molar-refractivity contribution is 5.40. The van der Waals surface area contributed by atoms with Gasteiger partial charge in [-0.05, 0) is 31.5 Å². The minimum Gasteiger partial charge on any atom is -0.395 e. The van der Waals surface area contributed by atoms with Crippen molar-refractivity contribution < 1.29 is 14.4 Å². The fourth-order valence-electron chi connectivity index (χ4n) is 2.39. The first-order valence-corrected chi connectivity index (χ1v) is 5.89. The lowest BCUT2D eigenvalue weighted by Gasteiger charge is -2.22. The van der Waals surface area contributed by atoms with Crippen LogP contribution in [0.4, 0.5) is 10.1 Å². The topological polar surface area (TPSA) is 66.6 Å². The van der Waals surface area contributed by atoms with Crippen molar-refractivity contribution >= 4 is 5.69 Å². The quantitative estimate of drug-likeness (QED) is 0.656. The predicted octanol–water partition coefficient (Wildman–Crippen LogP) is 1.69. The Morgan fingerprint density at radius 1 is 1.56 bits per heavy atom. The average molecular weight is 254 g/mol. The molecule has 0 aliphatic carbocycles. The number of aliphatic hydroxyl groups excluding tert-OH is 1. The maximum absolute atomic E-state index is 13.2. The van der Waals surface area contributed by atoms with Gasteiger partial charge in [-0.25, -0.2) is 4.39 Å². The molecule has 1 fully saturated rings. The van der Waals surface area contributed by atoms with E-state index in [0.29, 0.717) is 12.1 Å². The van der Waals surface area contributed by atoms with E-state index in [1.54, 1.807) is 0 Å². The smallest absolute Gasteiger partial charge is 0.274 e. The van der Waals surface area contributed by atoms with Crippen LogP contribution in [0.5, 0.6) is 0 Å². The van der Waals surface area contributed by atoms with E-state index in [2.05, 4.69) is 0 Å². The number of hydrogen-bond acceptors (Lipinski definition) is 4. The van der Waals surface area contributed by atoms with Crippen molar-refractivity contribution in [2.75, 3.05) is 13.2 Å². The Kier molecular flexibility index (Phi) is 3.88. The molecule has 1 aliphatic heterocycles. The molecule has 0 radical (unpaired) electrons. The molecule has 1 aliphatic rings. The molecule has 0 bridgehead atoms. The van der Waals surface area contributed by atoms with E-state index < -0.39 is 10.7 Å². The van der Waals surface area contributed by atoms with Crippen molar-refractivity contribution in [1.29, 1.82) is 0 Å². The molecular weight excluding hydrogens is 239 g/mol. The molecule has 1 saturated heterocycles. The van der Waals surface area contributed by atoms with Crippen LogP contribution in [0.25, 0.3) is 0 Å². The van der Waals surface area contributed by atoms with Crippen molar-refractivity contribution in [3.63, 3.8) is 0 Å². The van der Waals surface area contributed by atoms with Gasteiger partial charge >= 0.3 is 0 Å². The van der Waals surface area contributed by atoms with Crippen molar-refractivity contribution in [1.82, 2.24) is 4.90 Å². The first-order chi connectivity index (χ1) is 8.61. The third kappa shape index (κ3) is 2.65. The summed E-state index contributed by atoms with van der Waals surface area (Å²) in [4.78, 5) is 12.3. The summed E-state index contributed by atoms with van der Waals surface area (Å²) in [7, 11) is 0. The van der Waals surface area contributed by atoms with Gasteiger partial charge in [-0.15, -0.1) is 0 Å². The Balaban J connectivity index is 2.22. The minimum atomic E-state index is -0.501. The number of nitrogens with zero attached hydrogens (tertiary/aromatic N) is 2. The highest BCUT2D eigenvalue weighted by atomic mass is 19.1. The number of rotatable bonds is 4. The van der Waals surface area contributed by atoms with Gasteiger partial charge in [0.15, 0.2) is 0 Å². The SMILES string of the molecule is O=[N+]([O-])c1ccc(F)cc1CN1CCC[C@@H]1CO. The van der Waals surface area contributed by atoms with Gasteiger partial charge in [0.2, 0.25) is 0 Å². The maximum atomic E-state index is 13.2. The van der Waals surface area contributed by atoms with Crippen LogP contribution in [0, 0.1) is 15.9 Å². The first-order valence-electron chi connectivity index (χ1n) is 5.89. The van der Waals surface area contributed by atoms with E-state index in [4.69, 9.17) is 0 Å². The molecule has 5 nitrogen and oxygen atoms in total. The molecule has 1 aromatic rings. The largest absolute Gasteiger partial charge is 0.395 e. The summed E-state index contributed by atoms with van der Waals surface area (Å²) >= 11 is 0. The lowest BCUT2D eigenvalue weighted by atomic mass is 10.1. The van der Waals surface area contributed by atoms with Crippen LogP contribution in [0.3, 0.4) is 0 Å². The fourth-order valence-corrected chi connectivity index (χ4v) is 2.39. The molecule has 18 heavy (non-hydrogen) atoms. The first kappa shape index (κ1) is 12.9. The third-order valence-electron chi connectivity index (χ3n) is 3.32. The van der Waals surface area contributed by atoms with Gasteiger partial charge in [-0.2, -0.15) is 0 Å². The average Bonchev–Trinajstić information content (AvgIpc) is 2.76. The van der Waals surface area contributed by atoms with E-state index in [-0.39, 0.29) is 18.3 Å². The molecule has 0 aromatic heterocycles. The van der Waals surface area contributed by atoms with Crippen molar-refractivity contribution in [3.8, 4) is 0 Å². The van der Waals surface area contributed by atoms with Crippen LogP contribution in [0.2, 0.25) is 0 Å². The summed E-state index contributed by atoms with van der Waals surface area (Å²) in [5.41, 5.74) is 0.292. The minimum absolute atomic E-state index is 0.0212. The number of benzene rings is 1. The Hall–Kier alpha value is -1.53. The normalized spacial score (nSPS) is 20.2. The fraction of sp³-hybridized carbons (Fsp3) is 0.500. The van der Waals surface area contributed by atoms with Gasteiger partial charge in [0.25, 0.3) is 5.69 Å². The highest BCUT2D eigenvalue weighted by Gasteiger charge is 2.26. The van der Waals surface area contributed by atoms with Gasteiger partial charge in [-0.3, -0.25) is 15.0 Å². The number of nitro groups is 1. The molecule has 0 spiro atoms. The number of aliphatic hydroxyl groups is 1. The van der Waals surface area contributed by atoms with E-state index >= 15 is 0 Å². The predicted molar refractivity (Wildman–Crippen MR) is 63.6 cm³/mol. The van der Waals surface area contributed by atoms with Crippen LogP contribution in [-0.2, 0) is 6.54 Å². The summed E-state index contributed by atoms with van der Waals surface area (Å²) in [6, 6.07) is 3.50. The van der Waals surface area contributed by atoms with Crippen LogP contribution >= 0.6 is 0 Å². The van der Waals surface area contributed by atoms with E-state index in [1.165, 1.54) is 12.1 Å². The zero-order chi connectivity index (χ0) is 13.1. The molecule has 1 aromatic carbocycles. The molecule has 1 N–H and O–H groups in total. The summed E-state index contributed by atoms with van der Waals surface area (Å²) < 4.78 is 13.2. The Labute approximate surface area is 104 Å². The second-order valence-corrected chi connectivity index (χ2v) is 4.48. The Bertz CT molecular complexity index is 453. The molecule has 98 valence electrons. The van der Waals surface area contributed by atoms with Crippen molar-refractivity contribution in [2.45, 2.75) is 25.4 Å². The van der Waals surface area contributed by atoms with Crippen molar-refractivity contribution in [2.24, 2.45) is 0 Å². The summed E-state index contributed by atoms with van der Waals surface area (Å²) in [5, 5.41) is 20.1. The van der Waals surface area contributed by atoms with Crippen LogP contribution in [0.15, 0.2) is 18.2 Å². The maximum Gasteiger partial charge on any atom is 0.274 e. The zero-order valence-corrected chi connectivity index (χ0v) is 9.88. The standard InChI is InChI=1S/C12H15FN2O3/c13-10-3-4-12(15(17)18)9(6-10)7-14-5-1-2-11(14)8-16/h3-4,6,11,16H,1-2,5,7-8H2/t11-/m1/s1. The van der Waals surface area contributed by atoms with Gasteiger partial charge < -0.3 is 5.11 Å². The summed E-state index contributed by atoms with van der Waals surface area (Å²) in [5.74, 6) is -0.477. The monoisotopic (exact) mass is 254 g/mol. The second-order valence-electron chi connectivity index (χ2n) is 4.48. The molecule has 0 saturated carbocycles. The van der Waals surface area contributed by atoms with E-state index in [9.17, 15) is 19.6 Å². The van der Waals surface area contributed by atoms with Gasteiger partial charge in [0.05, 0.1) is 11.5 Å². The number of halogens is 1. The number of hydrogen-bond donors (Lipinski definition) is 1. The summed E-state index contributed by atoms with van der Waals surface area (Å²) in [6.45, 7) is 1.11. The molecule has 0 amide bonds. The van der Waals surface area contributed by atoms with Crippen LogP contribution in [0.1, 0.15) is 18.4 Å². The second kappa shape index (κ2) is 5.41. The number of likely N-dealkylation sites (tertiary alicyclic amines) is 1. The molecule has 2 rings (SSSR count).